The minimum absolute atomic E-state index is 0.00577. The van der Waals surface area contributed by atoms with Gasteiger partial charge in [-0.1, -0.05) is 38.2 Å². The number of piperazine rings is 1. The molecule has 0 radical (unpaired) electrons. The predicted molar refractivity (Wildman–Crippen MR) is 229 cm³/mol. The minimum atomic E-state index is -0.169. The number of hydrogen-bond donors (Lipinski definition) is 0. The van der Waals surface area contributed by atoms with E-state index >= 15 is 0 Å². The summed E-state index contributed by atoms with van der Waals surface area (Å²) in [5, 5.41) is 0. The number of unbranched alkanes of at least 4 members (excludes halogenated alkanes) is 6. The second-order valence-corrected chi connectivity index (χ2v) is 15.0. The average Bonchev–Trinajstić information content (AvgIpc) is 3.72. The molecule has 14 nitrogen and oxygen atoms in total. The van der Waals surface area contributed by atoms with E-state index in [2.05, 4.69) is 4.99 Å². The van der Waals surface area contributed by atoms with Gasteiger partial charge in [0.2, 0.25) is 11.7 Å². The topological polar surface area (TPSA) is 138 Å². The Morgan fingerprint density at radius 2 is 1.27 bits per heavy atom. The number of ether oxygens (including phenoxy) is 7. The number of rotatable bonds is 20. The zero-order valence-electron chi connectivity index (χ0n) is 35.5. The van der Waals surface area contributed by atoms with Gasteiger partial charge in [-0.15, -0.1) is 0 Å². The number of fused-ring (bicyclic) bond motifs is 2. The Labute approximate surface area is 353 Å². The first-order chi connectivity index (χ1) is 29.3. The van der Waals surface area contributed by atoms with Crippen LogP contribution in [0.1, 0.15) is 84.1 Å². The first-order valence-corrected chi connectivity index (χ1v) is 20.9. The molecule has 3 aliphatic rings. The van der Waals surface area contributed by atoms with Crippen LogP contribution in [0.4, 0.5) is 5.69 Å². The molecular weight excluding hydrogens is 769 g/mol. The first-order valence-electron chi connectivity index (χ1n) is 20.9. The summed E-state index contributed by atoms with van der Waals surface area (Å²) in [7, 11) is 7.73. The SMILES string of the molecule is COc1cc(/C=C/C(=O)N2CCN(C(=O)c3cc(OC)c(OC)c(OC)c3)CC2)ccc1OCCCCCCCCCOc1cc2c(cc1OC)C(=O)N1CCC[C@H]1C=N2. The van der Waals surface area contributed by atoms with E-state index in [9.17, 15) is 14.4 Å². The highest BCUT2D eigenvalue weighted by molar-refractivity contribution is 6.03. The molecule has 3 aliphatic heterocycles. The Morgan fingerprint density at radius 1 is 0.667 bits per heavy atom. The zero-order chi connectivity index (χ0) is 42.4. The Bertz CT molecular complexity index is 2000. The number of hydrogen-bond acceptors (Lipinski definition) is 11. The summed E-state index contributed by atoms with van der Waals surface area (Å²) in [5.41, 5.74) is 2.45. The van der Waals surface area contributed by atoms with Crippen molar-refractivity contribution >= 4 is 35.7 Å². The molecule has 14 heteroatoms. The molecule has 2 fully saturated rings. The van der Waals surface area contributed by atoms with Crippen molar-refractivity contribution in [2.24, 2.45) is 4.99 Å². The number of carbonyl (C=O) groups is 3. The molecule has 0 bridgehead atoms. The van der Waals surface area contributed by atoms with E-state index in [1.807, 2.05) is 35.4 Å². The number of benzene rings is 3. The first kappa shape index (κ1) is 43.7. The van der Waals surface area contributed by atoms with E-state index in [-0.39, 0.29) is 23.8 Å². The molecule has 3 aromatic rings. The summed E-state index contributed by atoms with van der Waals surface area (Å²) in [6.07, 6.45) is 14.5. The van der Waals surface area contributed by atoms with Crippen LogP contribution in [0.2, 0.25) is 0 Å². The lowest BCUT2D eigenvalue weighted by molar-refractivity contribution is -0.127. The maximum absolute atomic E-state index is 13.3. The minimum Gasteiger partial charge on any atom is -0.493 e. The molecular formula is C46H58N4O10. The summed E-state index contributed by atoms with van der Waals surface area (Å²) in [4.78, 5) is 49.4. The third kappa shape index (κ3) is 10.6. The van der Waals surface area contributed by atoms with Crippen molar-refractivity contribution < 1.29 is 47.5 Å². The van der Waals surface area contributed by atoms with Gasteiger partial charge >= 0.3 is 0 Å². The molecule has 0 aliphatic carbocycles. The highest BCUT2D eigenvalue weighted by atomic mass is 16.5. The van der Waals surface area contributed by atoms with E-state index in [1.165, 1.54) is 21.3 Å². The van der Waals surface area contributed by atoms with Gasteiger partial charge < -0.3 is 47.9 Å². The van der Waals surface area contributed by atoms with E-state index in [0.717, 1.165) is 69.9 Å². The van der Waals surface area contributed by atoms with Gasteiger partial charge in [0.25, 0.3) is 11.8 Å². The van der Waals surface area contributed by atoms with Crippen LogP contribution < -0.4 is 33.2 Å². The fourth-order valence-electron chi connectivity index (χ4n) is 7.77. The smallest absolute Gasteiger partial charge is 0.256 e. The molecule has 1 atom stereocenters. The zero-order valence-corrected chi connectivity index (χ0v) is 35.5. The molecule has 0 unspecified atom stereocenters. The highest BCUT2D eigenvalue weighted by Crippen LogP contribution is 2.40. The van der Waals surface area contributed by atoms with Gasteiger partial charge in [-0.05, 0) is 67.7 Å². The Hall–Kier alpha value is -5.92. The molecule has 60 heavy (non-hydrogen) atoms. The van der Waals surface area contributed by atoms with Gasteiger partial charge in [-0.3, -0.25) is 19.4 Å². The van der Waals surface area contributed by atoms with E-state index < -0.39 is 0 Å². The second kappa shape index (κ2) is 21.4. The summed E-state index contributed by atoms with van der Waals surface area (Å²) >= 11 is 0. The number of methoxy groups -OCH3 is 5. The van der Waals surface area contributed by atoms with Gasteiger partial charge in [0, 0.05) is 56.6 Å². The van der Waals surface area contributed by atoms with Crippen molar-refractivity contribution in [2.75, 3.05) is 81.5 Å². The lowest BCUT2D eigenvalue weighted by Crippen LogP contribution is -2.50. The number of nitrogens with zero attached hydrogens (tertiary/aromatic N) is 4. The van der Waals surface area contributed by atoms with Crippen molar-refractivity contribution in [3.05, 3.63) is 65.2 Å². The summed E-state index contributed by atoms with van der Waals surface area (Å²) in [6.45, 7) is 3.55. The van der Waals surface area contributed by atoms with Gasteiger partial charge in [0.05, 0.1) is 66.1 Å². The van der Waals surface area contributed by atoms with E-state index in [4.69, 9.17) is 33.2 Å². The van der Waals surface area contributed by atoms with Crippen LogP contribution in [0.3, 0.4) is 0 Å². The van der Waals surface area contributed by atoms with Gasteiger partial charge in [0.1, 0.15) is 0 Å². The number of aliphatic imine (C=N–C) groups is 1. The standard InChI is InChI=1S/C46H58N4O10/c1-54-38-26-32(16-18-43(51)48-20-22-49(23-21-48)45(52)33-27-41(56-3)44(58-5)42(28-33)57-4)15-17-37(38)59-24-11-9-7-6-8-10-12-25-60-40-30-36-35(29-39(40)55-2)46(53)50-19-13-14-34(50)31-47-36/h15-18,26-31,34H,6-14,19-25H2,1-5H3/b18-16+/t34-/m0/s1. The highest BCUT2D eigenvalue weighted by Gasteiger charge is 2.33. The Morgan fingerprint density at radius 3 is 1.90 bits per heavy atom. The maximum atomic E-state index is 13.3. The van der Waals surface area contributed by atoms with Crippen LogP contribution in [0.15, 0.2) is 53.5 Å². The molecule has 322 valence electrons. The van der Waals surface area contributed by atoms with Crippen LogP contribution in [0.25, 0.3) is 6.08 Å². The van der Waals surface area contributed by atoms with E-state index in [1.54, 1.807) is 54.4 Å². The number of amides is 3. The van der Waals surface area contributed by atoms with Crippen LogP contribution in [-0.2, 0) is 4.79 Å². The van der Waals surface area contributed by atoms with Crippen molar-refractivity contribution in [2.45, 2.75) is 63.8 Å². The Kier molecular flexibility index (Phi) is 15.5. The van der Waals surface area contributed by atoms with Crippen LogP contribution in [0.5, 0.6) is 40.2 Å². The van der Waals surface area contributed by atoms with Gasteiger partial charge in [-0.2, -0.15) is 0 Å². The molecule has 2 saturated heterocycles. The van der Waals surface area contributed by atoms with Crippen molar-refractivity contribution in [3.8, 4) is 40.2 Å². The van der Waals surface area contributed by atoms with Crippen LogP contribution in [0, 0.1) is 0 Å². The van der Waals surface area contributed by atoms with E-state index in [0.29, 0.717) is 96.5 Å². The van der Waals surface area contributed by atoms with Crippen molar-refractivity contribution in [1.29, 1.82) is 0 Å². The quantitative estimate of drug-likeness (QED) is 0.0847. The molecule has 3 amide bonds. The predicted octanol–water partition coefficient (Wildman–Crippen LogP) is 7.24. The van der Waals surface area contributed by atoms with Gasteiger partial charge in [0.15, 0.2) is 34.5 Å². The van der Waals surface area contributed by atoms with Crippen molar-refractivity contribution in [1.82, 2.24) is 14.7 Å². The largest absolute Gasteiger partial charge is 0.493 e. The van der Waals surface area contributed by atoms with Gasteiger partial charge in [-0.25, -0.2) is 0 Å². The molecule has 0 saturated carbocycles. The maximum Gasteiger partial charge on any atom is 0.256 e. The molecule has 3 heterocycles. The lowest BCUT2D eigenvalue weighted by atomic mass is 10.1. The monoisotopic (exact) mass is 826 g/mol. The lowest BCUT2D eigenvalue weighted by Gasteiger charge is -2.34. The fraction of sp³-hybridized carbons (Fsp3) is 0.478. The molecule has 0 aromatic heterocycles. The summed E-state index contributed by atoms with van der Waals surface area (Å²) in [6, 6.07) is 12.6. The second-order valence-electron chi connectivity index (χ2n) is 15.0. The fourth-order valence-corrected chi connectivity index (χ4v) is 7.77. The molecule has 6 rings (SSSR count). The number of carbonyl (C=O) groups excluding carboxylic acids is 3. The third-order valence-corrected chi connectivity index (χ3v) is 11.2. The summed E-state index contributed by atoms with van der Waals surface area (Å²) in [5.74, 6) is 3.40. The normalized spacial score (nSPS) is 16.0. The molecule has 0 N–H and O–H groups in total. The average molecular weight is 827 g/mol. The van der Waals surface area contributed by atoms with Crippen LogP contribution >= 0.6 is 0 Å². The van der Waals surface area contributed by atoms with Crippen molar-refractivity contribution in [3.63, 3.8) is 0 Å². The molecule has 0 spiro atoms. The Balaban J connectivity index is 0.855. The van der Waals surface area contributed by atoms with Crippen LogP contribution in [-0.4, -0.2) is 126 Å². The molecule has 3 aromatic carbocycles. The third-order valence-electron chi connectivity index (χ3n) is 11.2. The summed E-state index contributed by atoms with van der Waals surface area (Å²) < 4.78 is 39.5.